The van der Waals surface area contributed by atoms with E-state index in [1.807, 2.05) is 24.3 Å². The molecule has 0 radical (unpaired) electrons. The summed E-state index contributed by atoms with van der Waals surface area (Å²) in [5.74, 6) is -0.0994. The molecule has 0 aliphatic carbocycles. The Morgan fingerprint density at radius 1 is 0.952 bits per heavy atom. The van der Waals surface area contributed by atoms with Crippen molar-refractivity contribution in [3.8, 4) is 5.69 Å². The second-order valence-corrected chi connectivity index (χ2v) is 4.77. The molecule has 4 nitrogen and oxygen atoms in total. The summed E-state index contributed by atoms with van der Waals surface area (Å²) in [6.45, 7) is 0. The van der Waals surface area contributed by atoms with E-state index in [0.717, 1.165) is 16.4 Å². The Balaban J connectivity index is 2.21. The number of pyridine rings is 1. The number of benzene rings is 2. The number of nitrogens with two attached hydrogens (primary N) is 1. The number of fused-ring (bicyclic) bond motifs is 3. The minimum atomic E-state index is -0.343. The van der Waals surface area contributed by atoms with Gasteiger partial charge < -0.3 is 5.73 Å². The van der Waals surface area contributed by atoms with E-state index in [1.54, 1.807) is 29.0 Å². The predicted octanol–water partition coefficient (Wildman–Crippen LogP) is 3.30. The van der Waals surface area contributed by atoms with Crippen molar-refractivity contribution in [2.75, 3.05) is 5.73 Å². The molecule has 2 aromatic carbocycles. The van der Waals surface area contributed by atoms with Crippen LogP contribution in [0, 0.1) is 5.82 Å². The Bertz CT molecular complexity index is 975. The van der Waals surface area contributed by atoms with Gasteiger partial charge in [0.1, 0.15) is 11.3 Å². The zero-order valence-electron chi connectivity index (χ0n) is 11.0. The highest BCUT2D eigenvalue weighted by Crippen LogP contribution is 2.29. The summed E-state index contributed by atoms with van der Waals surface area (Å²) < 4.78 is 15.8. The molecule has 0 saturated heterocycles. The van der Waals surface area contributed by atoms with Gasteiger partial charge in [-0.2, -0.15) is 0 Å². The maximum atomic E-state index is 14.1. The molecule has 102 valence electrons. The van der Waals surface area contributed by atoms with Crippen LogP contribution < -0.4 is 5.73 Å². The van der Waals surface area contributed by atoms with Crippen molar-refractivity contribution in [2.45, 2.75) is 0 Å². The van der Waals surface area contributed by atoms with Gasteiger partial charge in [-0.05, 0) is 18.2 Å². The molecule has 2 aromatic heterocycles. The molecule has 0 fully saturated rings. The first-order valence-electron chi connectivity index (χ1n) is 6.52. The van der Waals surface area contributed by atoms with E-state index in [0.29, 0.717) is 11.2 Å². The smallest absolute Gasteiger partial charge is 0.206 e. The number of hydrogen-bond acceptors (Lipinski definition) is 3. The molecule has 0 saturated carbocycles. The van der Waals surface area contributed by atoms with Crippen molar-refractivity contribution >= 4 is 27.9 Å². The molecule has 2 N–H and O–H groups in total. The summed E-state index contributed by atoms with van der Waals surface area (Å²) in [4.78, 5) is 8.65. The largest absolute Gasteiger partial charge is 0.369 e. The van der Waals surface area contributed by atoms with Gasteiger partial charge in [-0.3, -0.25) is 9.55 Å². The average molecular weight is 278 g/mol. The highest BCUT2D eigenvalue weighted by molar-refractivity contribution is 6.03. The van der Waals surface area contributed by atoms with Gasteiger partial charge in [0.25, 0.3) is 0 Å². The van der Waals surface area contributed by atoms with Crippen molar-refractivity contribution in [1.29, 1.82) is 0 Å². The number of halogens is 1. The number of hydrogen-bond donors (Lipinski definition) is 1. The van der Waals surface area contributed by atoms with Crippen LogP contribution in [0.4, 0.5) is 10.3 Å². The molecular formula is C16H11FN4. The van der Waals surface area contributed by atoms with E-state index < -0.39 is 0 Å². The monoisotopic (exact) mass is 278 g/mol. The van der Waals surface area contributed by atoms with Gasteiger partial charge >= 0.3 is 0 Å². The molecule has 2 heterocycles. The van der Waals surface area contributed by atoms with Crippen LogP contribution in [-0.2, 0) is 0 Å². The van der Waals surface area contributed by atoms with Gasteiger partial charge in [0.05, 0.1) is 22.9 Å². The third kappa shape index (κ3) is 1.67. The molecular weight excluding hydrogens is 267 g/mol. The fraction of sp³-hybridized carbons (Fsp3) is 0. The van der Waals surface area contributed by atoms with Gasteiger partial charge in [0.15, 0.2) is 0 Å². The van der Waals surface area contributed by atoms with Crippen molar-refractivity contribution in [1.82, 2.24) is 14.5 Å². The van der Waals surface area contributed by atoms with Gasteiger partial charge in [0, 0.05) is 5.39 Å². The Kier molecular flexibility index (Phi) is 2.41. The second-order valence-electron chi connectivity index (χ2n) is 4.77. The molecule has 0 atom stereocenters. The molecule has 21 heavy (non-hydrogen) atoms. The van der Waals surface area contributed by atoms with E-state index >= 15 is 0 Å². The summed E-state index contributed by atoms with van der Waals surface area (Å²) in [5, 5.41) is 0.891. The number of nitrogens with zero attached hydrogens (tertiary/aromatic N) is 3. The zero-order chi connectivity index (χ0) is 14.4. The number of nitrogen functional groups attached to an aromatic ring is 1. The summed E-state index contributed by atoms with van der Waals surface area (Å²) in [6.07, 6.45) is 1.66. The van der Waals surface area contributed by atoms with Crippen LogP contribution in [0.3, 0.4) is 0 Å². The Hall–Kier alpha value is -2.95. The molecule has 0 aliphatic heterocycles. The lowest BCUT2D eigenvalue weighted by molar-refractivity contribution is 0.620. The lowest BCUT2D eigenvalue weighted by Crippen LogP contribution is -2.03. The number of rotatable bonds is 1. The van der Waals surface area contributed by atoms with E-state index in [4.69, 9.17) is 5.73 Å². The lowest BCUT2D eigenvalue weighted by atomic mass is 10.2. The van der Waals surface area contributed by atoms with Gasteiger partial charge in [-0.25, -0.2) is 9.37 Å². The molecule has 0 unspecified atom stereocenters. The fourth-order valence-electron chi connectivity index (χ4n) is 2.60. The Morgan fingerprint density at radius 2 is 1.71 bits per heavy atom. The topological polar surface area (TPSA) is 56.7 Å². The maximum Gasteiger partial charge on any atom is 0.206 e. The molecule has 4 rings (SSSR count). The third-order valence-corrected chi connectivity index (χ3v) is 3.51. The maximum absolute atomic E-state index is 14.1. The average Bonchev–Trinajstić information content (AvgIpc) is 2.84. The van der Waals surface area contributed by atoms with Crippen LogP contribution in [0.15, 0.2) is 54.7 Å². The van der Waals surface area contributed by atoms with Gasteiger partial charge in [0.2, 0.25) is 5.95 Å². The summed E-state index contributed by atoms with van der Waals surface area (Å²) >= 11 is 0. The predicted molar refractivity (Wildman–Crippen MR) is 80.7 cm³/mol. The van der Waals surface area contributed by atoms with Gasteiger partial charge in [-0.1, -0.05) is 30.3 Å². The SMILES string of the molecule is Nc1nc2cnc3ccccc3c2n1-c1ccccc1F. The van der Waals surface area contributed by atoms with Gasteiger partial charge in [-0.15, -0.1) is 0 Å². The van der Waals surface area contributed by atoms with Crippen molar-refractivity contribution < 1.29 is 4.39 Å². The van der Waals surface area contributed by atoms with Crippen LogP contribution in [0.2, 0.25) is 0 Å². The van der Waals surface area contributed by atoms with Crippen LogP contribution in [0.25, 0.3) is 27.6 Å². The minimum absolute atomic E-state index is 0.244. The standard InChI is InChI=1S/C16H11FN4/c17-11-6-2-4-8-14(11)21-15-10-5-1-3-7-12(10)19-9-13(15)20-16(21)18/h1-9H,(H2,18,20). The minimum Gasteiger partial charge on any atom is -0.369 e. The van der Waals surface area contributed by atoms with Crippen LogP contribution in [-0.4, -0.2) is 14.5 Å². The van der Waals surface area contributed by atoms with Crippen molar-refractivity contribution in [3.63, 3.8) is 0 Å². The van der Waals surface area contributed by atoms with E-state index in [9.17, 15) is 4.39 Å². The fourth-order valence-corrected chi connectivity index (χ4v) is 2.60. The highest BCUT2D eigenvalue weighted by atomic mass is 19.1. The first-order valence-corrected chi connectivity index (χ1v) is 6.52. The van der Waals surface area contributed by atoms with Crippen LogP contribution in [0.1, 0.15) is 0 Å². The van der Waals surface area contributed by atoms with Crippen molar-refractivity contribution in [2.24, 2.45) is 0 Å². The van der Waals surface area contributed by atoms with Crippen LogP contribution in [0.5, 0.6) is 0 Å². The first kappa shape index (κ1) is 11.8. The van der Waals surface area contributed by atoms with Crippen molar-refractivity contribution in [3.05, 3.63) is 60.5 Å². The normalized spacial score (nSPS) is 11.3. The molecule has 4 aromatic rings. The van der Waals surface area contributed by atoms with E-state index in [-0.39, 0.29) is 11.8 Å². The summed E-state index contributed by atoms with van der Waals surface area (Å²) in [5.41, 5.74) is 8.62. The lowest BCUT2D eigenvalue weighted by Gasteiger charge is -2.09. The first-order chi connectivity index (χ1) is 10.3. The third-order valence-electron chi connectivity index (χ3n) is 3.51. The summed E-state index contributed by atoms with van der Waals surface area (Å²) in [7, 11) is 0. The molecule has 0 amide bonds. The molecule has 0 bridgehead atoms. The zero-order valence-corrected chi connectivity index (χ0v) is 11.0. The number of imidazole rings is 1. The second kappa shape index (κ2) is 4.28. The van der Waals surface area contributed by atoms with E-state index in [1.165, 1.54) is 6.07 Å². The summed E-state index contributed by atoms with van der Waals surface area (Å²) in [6, 6.07) is 14.2. The quantitative estimate of drug-likeness (QED) is 0.581. The molecule has 0 aliphatic rings. The van der Waals surface area contributed by atoms with E-state index in [2.05, 4.69) is 9.97 Å². The Morgan fingerprint density at radius 3 is 2.57 bits per heavy atom. The number of aromatic nitrogens is 3. The number of anilines is 1. The molecule has 0 spiro atoms. The highest BCUT2D eigenvalue weighted by Gasteiger charge is 2.15. The molecule has 5 heteroatoms. The number of para-hydroxylation sites is 2. The Labute approximate surface area is 119 Å². The van der Waals surface area contributed by atoms with Crippen LogP contribution >= 0.6 is 0 Å².